The van der Waals surface area contributed by atoms with Crippen molar-refractivity contribution < 1.29 is 14.3 Å². The number of carbonyl (C=O) groups excluding carboxylic acids is 2. The Morgan fingerprint density at radius 3 is 2.38 bits per heavy atom. The molecule has 0 unspecified atom stereocenters. The molecule has 1 fully saturated rings. The minimum atomic E-state index is -0.524. The predicted molar refractivity (Wildman–Crippen MR) is 108 cm³/mol. The second kappa shape index (κ2) is 8.18. The fourth-order valence-corrected chi connectivity index (χ4v) is 3.32. The van der Waals surface area contributed by atoms with E-state index in [1.54, 1.807) is 21.8 Å². The Morgan fingerprint density at radius 1 is 1.17 bits per heavy atom. The second-order valence-electron chi connectivity index (χ2n) is 8.33. The first-order chi connectivity index (χ1) is 13.6. The van der Waals surface area contributed by atoms with E-state index in [-0.39, 0.29) is 17.9 Å². The molecule has 1 aliphatic rings. The quantitative estimate of drug-likeness (QED) is 0.850. The molecule has 0 aromatic carbocycles. The lowest BCUT2D eigenvalue weighted by atomic mass is 9.96. The molecule has 156 valence electrons. The minimum absolute atomic E-state index is 0.104. The van der Waals surface area contributed by atoms with Crippen LogP contribution in [-0.4, -0.2) is 55.6 Å². The van der Waals surface area contributed by atoms with Gasteiger partial charge in [-0.3, -0.25) is 9.48 Å². The molecule has 0 radical (unpaired) electrons. The van der Waals surface area contributed by atoms with Gasteiger partial charge in [-0.15, -0.1) is 10.2 Å². The number of likely N-dealkylation sites (tertiary alicyclic amines) is 1. The number of hydrogen-bond acceptors (Lipinski definition) is 6. The van der Waals surface area contributed by atoms with E-state index < -0.39 is 5.60 Å². The van der Waals surface area contributed by atoms with Crippen molar-refractivity contribution >= 4 is 17.8 Å². The van der Waals surface area contributed by atoms with Gasteiger partial charge in [-0.2, -0.15) is 5.10 Å². The molecule has 1 saturated heterocycles. The lowest BCUT2D eigenvalue weighted by molar-refractivity contribution is -0.121. The summed E-state index contributed by atoms with van der Waals surface area (Å²) in [7, 11) is 1.85. The molecule has 0 aliphatic carbocycles. The SMILES string of the molecule is Cc1cnn(C)c1-c1ccc(NC(=O)C2CCN(C(=O)OC(C)(C)C)CC2)nn1. The molecule has 0 atom stereocenters. The number of aromatic nitrogens is 4. The van der Waals surface area contributed by atoms with E-state index in [1.807, 2.05) is 40.8 Å². The highest BCUT2D eigenvalue weighted by molar-refractivity contribution is 5.91. The molecular formula is C20H28N6O3. The Bertz CT molecular complexity index is 857. The molecule has 0 bridgehead atoms. The molecule has 1 N–H and O–H groups in total. The summed E-state index contributed by atoms with van der Waals surface area (Å²) in [6.45, 7) is 8.48. The van der Waals surface area contributed by atoms with E-state index in [1.165, 1.54) is 0 Å². The van der Waals surface area contributed by atoms with E-state index in [0.29, 0.717) is 37.4 Å². The zero-order valence-electron chi connectivity index (χ0n) is 17.6. The van der Waals surface area contributed by atoms with Crippen LogP contribution in [0.2, 0.25) is 0 Å². The van der Waals surface area contributed by atoms with Crippen LogP contribution < -0.4 is 5.32 Å². The van der Waals surface area contributed by atoms with E-state index in [9.17, 15) is 9.59 Å². The van der Waals surface area contributed by atoms with Gasteiger partial charge in [-0.25, -0.2) is 4.79 Å². The Kier molecular flexibility index (Phi) is 5.86. The summed E-state index contributed by atoms with van der Waals surface area (Å²) in [6, 6.07) is 3.56. The van der Waals surface area contributed by atoms with Crippen LogP contribution in [0, 0.1) is 12.8 Å². The first kappa shape index (κ1) is 20.8. The highest BCUT2D eigenvalue weighted by Gasteiger charge is 2.30. The average Bonchev–Trinajstić information content (AvgIpc) is 2.99. The molecule has 1 aliphatic heterocycles. The molecule has 2 aromatic heterocycles. The normalized spacial score (nSPS) is 15.3. The number of rotatable bonds is 3. The van der Waals surface area contributed by atoms with Crippen LogP contribution in [0.15, 0.2) is 18.3 Å². The van der Waals surface area contributed by atoms with E-state index in [4.69, 9.17) is 4.74 Å². The summed E-state index contributed by atoms with van der Waals surface area (Å²) in [4.78, 5) is 26.4. The number of carbonyl (C=O) groups is 2. The van der Waals surface area contributed by atoms with Gasteiger partial charge in [0.1, 0.15) is 11.3 Å². The van der Waals surface area contributed by atoms with Gasteiger partial charge in [0, 0.05) is 26.1 Å². The standard InChI is InChI=1S/C20H28N6O3/c1-13-12-21-25(5)17(13)15-6-7-16(24-23-15)22-18(27)14-8-10-26(11-9-14)19(28)29-20(2,3)4/h6-7,12,14H,8-11H2,1-5H3,(H,22,24,27). The largest absolute Gasteiger partial charge is 0.444 e. The molecule has 0 saturated carbocycles. The fourth-order valence-electron chi connectivity index (χ4n) is 3.32. The summed E-state index contributed by atoms with van der Waals surface area (Å²) in [5.74, 6) is 0.134. The molecule has 29 heavy (non-hydrogen) atoms. The van der Waals surface area contributed by atoms with Crippen molar-refractivity contribution in [1.29, 1.82) is 0 Å². The van der Waals surface area contributed by atoms with Crippen molar-refractivity contribution in [1.82, 2.24) is 24.9 Å². The average molecular weight is 400 g/mol. The summed E-state index contributed by atoms with van der Waals surface area (Å²) in [6.07, 6.45) is 2.62. The Balaban J connectivity index is 1.54. The van der Waals surface area contributed by atoms with Gasteiger partial charge in [0.15, 0.2) is 5.82 Å². The Hall–Kier alpha value is -2.97. The van der Waals surface area contributed by atoms with Gasteiger partial charge in [-0.1, -0.05) is 0 Å². The number of aryl methyl sites for hydroxylation is 2. The van der Waals surface area contributed by atoms with Crippen molar-refractivity contribution in [2.75, 3.05) is 18.4 Å². The first-order valence-corrected chi connectivity index (χ1v) is 9.75. The van der Waals surface area contributed by atoms with Crippen LogP contribution in [0.1, 0.15) is 39.2 Å². The second-order valence-corrected chi connectivity index (χ2v) is 8.33. The summed E-state index contributed by atoms with van der Waals surface area (Å²) in [5, 5.41) is 15.4. The number of nitrogens with zero attached hydrogens (tertiary/aromatic N) is 5. The highest BCUT2D eigenvalue weighted by Crippen LogP contribution is 2.23. The number of nitrogens with one attached hydrogen (secondary N) is 1. The predicted octanol–water partition coefficient (Wildman–Crippen LogP) is 2.77. The van der Waals surface area contributed by atoms with E-state index >= 15 is 0 Å². The molecule has 3 rings (SSSR count). The van der Waals surface area contributed by atoms with Crippen molar-refractivity contribution in [2.45, 2.75) is 46.1 Å². The molecule has 2 aromatic rings. The fraction of sp³-hybridized carbons (Fsp3) is 0.550. The van der Waals surface area contributed by atoms with Crippen molar-refractivity contribution in [3.05, 3.63) is 23.9 Å². The number of anilines is 1. The number of amides is 2. The maximum Gasteiger partial charge on any atom is 0.410 e. The maximum absolute atomic E-state index is 12.6. The lowest BCUT2D eigenvalue weighted by Crippen LogP contribution is -2.43. The van der Waals surface area contributed by atoms with Crippen LogP contribution in [0.5, 0.6) is 0 Å². The van der Waals surface area contributed by atoms with Gasteiger partial charge in [0.25, 0.3) is 0 Å². The van der Waals surface area contributed by atoms with Gasteiger partial charge >= 0.3 is 6.09 Å². The number of piperidine rings is 1. The van der Waals surface area contributed by atoms with Crippen molar-refractivity contribution in [3.8, 4) is 11.4 Å². The van der Waals surface area contributed by atoms with Crippen LogP contribution in [-0.2, 0) is 16.6 Å². The molecular weight excluding hydrogens is 372 g/mol. The van der Waals surface area contributed by atoms with Crippen molar-refractivity contribution in [3.63, 3.8) is 0 Å². The first-order valence-electron chi connectivity index (χ1n) is 9.75. The molecule has 2 amide bonds. The van der Waals surface area contributed by atoms with E-state index in [2.05, 4.69) is 20.6 Å². The summed E-state index contributed by atoms with van der Waals surface area (Å²) >= 11 is 0. The Labute approximate surface area is 170 Å². The third-order valence-corrected chi connectivity index (χ3v) is 4.80. The van der Waals surface area contributed by atoms with Crippen LogP contribution in [0.25, 0.3) is 11.4 Å². The van der Waals surface area contributed by atoms with Crippen LogP contribution >= 0.6 is 0 Å². The maximum atomic E-state index is 12.6. The minimum Gasteiger partial charge on any atom is -0.444 e. The Morgan fingerprint density at radius 2 is 1.86 bits per heavy atom. The number of hydrogen-bond donors (Lipinski definition) is 1. The zero-order chi connectivity index (χ0) is 21.2. The van der Waals surface area contributed by atoms with Gasteiger partial charge in [0.2, 0.25) is 5.91 Å². The summed E-state index contributed by atoms with van der Waals surface area (Å²) in [5.41, 5.74) is 2.08. The summed E-state index contributed by atoms with van der Waals surface area (Å²) < 4.78 is 7.14. The molecule has 9 heteroatoms. The van der Waals surface area contributed by atoms with E-state index in [0.717, 1.165) is 11.3 Å². The molecule has 3 heterocycles. The third kappa shape index (κ3) is 5.10. The van der Waals surface area contributed by atoms with Crippen LogP contribution in [0.3, 0.4) is 0 Å². The van der Waals surface area contributed by atoms with Gasteiger partial charge in [0.05, 0.1) is 11.9 Å². The topological polar surface area (TPSA) is 102 Å². The highest BCUT2D eigenvalue weighted by atomic mass is 16.6. The monoisotopic (exact) mass is 400 g/mol. The third-order valence-electron chi connectivity index (χ3n) is 4.80. The number of ether oxygens (including phenoxy) is 1. The molecule has 0 spiro atoms. The van der Waals surface area contributed by atoms with Crippen LogP contribution in [0.4, 0.5) is 10.6 Å². The van der Waals surface area contributed by atoms with Gasteiger partial charge in [-0.05, 0) is 58.2 Å². The smallest absolute Gasteiger partial charge is 0.410 e. The zero-order valence-corrected chi connectivity index (χ0v) is 17.6. The lowest BCUT2D eigenvalue weighted by Gasteiger charge is -2.32. The van der Waals surface area contributed by atoms with Crippen molar-refractivity contribution in [2.24, 2.45) is 13.0 Å². The molecule has 9 nitrogen and oxygen atoms in total. The van der Waals surface area contributed by atoms with Gasteiger partial charge < -0.3 is 15.0 Å².